The first-order valence-electron chi connectivity index (χ1n) is 5.02. The van der Waals surface area contributed by atoms with E-state index in [0.717, 1.165) is 10.9 Å². The van der Waals surface area contributed by atoms with Crippen molar-refractivity contribution in [1.29, 1.82) is 0 Å². The van der Waals surface area contributed by atoms with E-state index in [1.54, 1.807) is 36.0 Å². The number of hydrogen-bond acceptors (Lipinski definition) is 3. The molecule has 1 amide bonds. The van der Waals surface area contributed by atoms with E-state index in [4.69, 9.17) is 5.73 Å². The topological polar surface area (TPSA) is 81.1 Å². The van der Waals surface area contributed by atoms with E-state index in [9.17, 15) is 9.90 Å². The molecule has 0 radical (unpaired) electrons. The summed E-state index contributed by atoms with van der Waals surface area (Å²) in [5.74, 6) is -0.463. The zero-order chi connectivity index (χ0) is 11.7. The van der Waals surface area contributed by atoms with Crippen LogP contribution in [0.5, 0.6) is 5.75 Å². The van der Waals surface area contributed by atoms with Crippen LogP contribution in [-0.2, 0) is 11.3 Å². The van der Waals surface area contributed by atoms with Crippen molar-refractivity contribution in [2.75, 3.05) is 0 Å². The van der Waals surface area contributed by atoms with Crippen LogP contribution in [0, 0.1) is 5.92 Å². The van der Waals surface area contributed by atoms with Gasteiger partial charge < -0.3 is 10.8 Å². The zero-order valence-electron chi connectivity index (χ0n) is 8.92. The molecule has 1 atom stereocenters. The highest BCUT2D eigenvalue weighted by atomic mass is 16.3. The third-order valence-electron chi connectivity index (χ3n) is 2.56. The quantitative estimate of drug-likeness (QED) is 0.803. The maximum absolute atomic E-state index is 11.0. The lowest BCUT2D eigenvalue weighted by molar-refractivity contribution is -0.121. The number of hydrogen-bond donors (Lipinski definition) is 2. The standard InChI is InChI=1S/C11H13N3O2/c1-7(11(12)16)6-14-10-4-9(15)3-2-8(10)5-13-14/h2-5,7,15H,6H2,1H3,(H2,12,16)/t7-/m0/s1. The minimum Gasteiger partial charge on any atom is -0.508 e. The van der Waals surface area contributed by atoms with Gasteiger partial charge in [-0.25, -0.2) is 0 Å². The molecule has 0 unspecified atom stereocenters. The van der Waals surface area contributed by atoms with Gasteiger partial charge >= 0.3 is 0 Å². The van der Waals surface area contributed by atoms with Crippen LogP contribution in [0.3, 0.4) is 0 Å². The summed E-state index contributed by atoms with van der Waals surface area (Å²) in [4.78, 5) is 11.0. The molecule has 2 rings (SSSR count). The Morgan fingerprint density at radius 3 is 3.06 bits per heavy atom. The molecule has 0 fully saturated rings. The number of aromatic nitrogens is 2. The van der Waals surface area contributed by atoms with Gasteiger partial charge in [0.25, 0.3) is 0 Å². The molecule has 5 nitrogen and oxygen atoms in total. The molecule has 0 aliphatic rings. The van der Waals surface area contributed by atoms with Crippen LogP contribution >= 0.6 is 0 Å². The number of aromatic hydroxyl groups is 1. The molecule has 16 heavy (non-hydrogen) atoms. The second-order valence-electron chi connectivity index (χ2n) is 3.87. The first kappa shape index (κ1) is 10.5. The summed E-state index contributed by atoms with van der Waals surface area (Å²) in [6.45, 7) is 2.17. The number of primary amides is 1. The first-order valence-corrected chi connectivity index (χ1v) is 5.02. The van der Waals surface area contributed by atoms with Gasteiger partial charge in [0.2, 0.25) is 5.91 Å². The predicted octanol–water partition coefficient (Wildman–Crippen LogP) is 0.863. The molecule has 2 aromatic rings. The van der Waals surface area contributed by atoms with Gasteiger partial charge in [-0.1, -0.05) is 6.92 Å². The zero-order valence-corrected chi connectivity index (χ0v) is 8.92. The van der Waals surface area contributed by atoms with Crippen LogP contribution in [0.2, 0.25) is 0 Å². The molecule has 84 valence electrons. The monoisotopic (exact) mass is 219 g/mol. The lowest BCUT2D eigenvalue weighted by atomic mass is 10.1. The lowest BCUT2D eigenvalue weighted by Crippen LogP contribution is -2.25. The normalized spacial score (nSPS) is 12.8. The Labute approximate surface area is 92.5 Å². The van der Waals surface area contributed by atoms with E-state index in [1.165, 1.54) is 0 Å². The molecule has 0 spiro atoms. The number of phenolic OH excluding ortho intramolecular Hbond substituents is 1. The predicted molar refractivity (Wildman–Crippen MR) is 59.8 cm³/mol. The fourth-order valence-corrected chi connectivity index (χ4v) is 1.55. The van der Waals surface area contributed by atoms with Crippen LogP contribution in [0.4, 0.5) is 0 Å². The highest BCUT2D eigenvalue weighted by molar-refractivity contribution is 5.80. The lowest BCUT2D eigenvalue weighted by Gasteiger charge is -2.08. The Morgan fingerprint density at radius 1 is 1.62 bits per heavy atom. The average molecular weight is 219 g/mol. The largest absolute Gasteiger partial charge is 0.508 e. The van der Waals surface area contributed by atoms with Crippen LogP contribution in [-0.4, -0.2) is 20.8 Å². The van der Waals surface area contributed by atoms with Gasteiger partial charge in [-0.3, -0.25) is 9.48 Å². The Morgan fingerprint density at radius 2 is 2.38 bits per heavy atom. The van der Waals surface area contributed by atoms with Crippen LogP contribution in [0.1, 0.15) is 6.92 Å². The Kier molecular flexibility index (Phi) is 2.52. The van der Waals surface area contributed by atoms with Crippen molar-refractivity contribution in [2.45, 2.75) is 13.5 Å². The van der Waals surface area contributed by atoms with Gasteiger partial charge in [-0.05, 0) is 12.1 Å². The molecule has 1 heterocycles. The molecule has 1 aromatic carbocycles. The van der Waals surface area contributed by atoms with Crippen molar-refractivity contribution >= 4 is 16.8 Å². The number of nitrogens with zero attached hydrogens (tertiary/aromatic N) is 2. The van der Waals surface area contributed by atoms with Gasteiger partial charge in [0, 0.05) is 11.5 Å². The summed E-state index contributed by atoms with van der Waals surface area (Å²) >= 11 is 0. The van der Waals surface area contributed by atoms with E-state index >= 15 is 0 Å². The van der Waals surface area contributed by atoms with E-state index in [-0.39, 0.29) is 17.6 Å². The van der Waals surface area contributed by atoms with Gasteiger partial charge in [-0.2, -0.15) is 5.10 Å². The maximum atomic E-state index is 11.0. The number of carbonyl (C=O) groups is 1. The number of fused-ring (bicyclic) bond motifs is 1. The van der Waals surface area contributed by atoms with Crippen molar-refractivity contribution in [1.82, 2.24) is 9.78 Å². The summed E-state index contributed by atoms with van der Waals surface area (Å²) < 4.78 is 1.67. The van der Waals surface area contributed by atoms with Crippen LogP contribution in [0.15, 0.2) is 24.4 Å². The fourth-order valence-electron chi connectivity index (χ4n) is 1.55. The smallest absolute Gasteiger partial charge is 0.222 e. The minimum atomic E-state index is -0.358. The molecule has 0 bridgehead atoms. The van der Waals surface area contributed by atoms with Crippen molar-refractivity contribution in [3.8, 4) is 5.75 Å². The number of rotatable bonds is 3. The van der Waals surface area contributed by atoms with Crippen LogP contribution in [0.25, 0.3) is 10.9 Å². The SMILES string of the molecule is C[C@@H](Cn1ncc2ccc(O)cc21)C(N)=O. The van der Waals surface area contributed by atoms with Gasteiger partial charge in [0.15, 0.2) is 0 Å². The summed E-state index contributed by atoms with van der Waals surface area (Å²) in [6.07, 6.45) is 1.70. The Bertz CT molecular complexity index is 533. The van der Waals surface area contributed by atoms with E-state index in [1.807, 2.05) is 0 Å². The maximum Gasteiger partial charge on any atom is 0.222 e. The third-order valence-corrected chi connectivity index (χ3v) is 2.56. The number of amides is 1. The number of benzene rings is 1. The first-order chi connectivity index (χ1) is 7.58. The molecule has 0 aliphatic heterocycles. The van der Waals surface area contributed by atoms with Crippen molar-refractivity contribution in [2.24, 2.45) is 11.7 Å². The highest BCUT2D eigenvalue weighted by Crippen LogP contribution is 2.20. The number of nitrogens with two attached hydrogens (primary N) is 1. The van der Waals surface area contributed by atoms with Gasteiger partial charge in [0.05, 0.1) is 24.2 Å². The summed E-state index contributed by atoms with van der Waals surface area (Å²) in [7, 11) is 0. The summed E-state index contributed by atoms with van der Waals surface area (Å²) in [5.41, 5.74) is 6.00. The molecule has 0 saturated carbocycles. The third kappa shape index (κ3) is 1.84. The number of carbonyl (C=O) groups excluding carboxylic acids is 1. The Balaban J connectivity index is 2.37. The molecule has 5 heteroatoms. The molecule has 1 aromatic heterocycles. The fraction of sp³-hybridized carbons (Fsp3) is 0.273. The van der Waals surface area contributed by atoms with Crippen molar-refractivity contribution in [3.05, 3.63) is 24.4 Å². The van der Waals surface area contributed by atoms with Gasteiger partial charge in [-0.15, -0.1) is 0 Å². The van der Waals surface area contributed by atoms with Crippen LogP contribution < -0.4 is 5.73 Å². The minimum absolute atomic E-state index is 0.181. The van der Waals surface area contributed by atoms with E-state index < -0.39 is 0 Å². The second-order valence-corrected chi connectivity index (χ2v) is 3.87. The van der Waals surface area contributed by atoms with Crippen molar-refractivity contribution in [3.63, 3.8) is 0 Å². The van der Waals surface area contributed by atoms with E-state index in [0.29, 0.717) is 6.54 Å². The molecular weight excluding hydrogens is 206 g/mol. The second kappa shape index (κ2) is 3.84. The molecule has 0 saturated heterocycles. The number of phenols is 1. The molecule has 0 aliphatic carbocycles. The Hall–Kier alpha value is -2.04. The highest BCUT2D eigenvalue weighted by Gasteiger charge is 2.12. The molecule has 3 N–H and O–H groups in total. The molecular formula is C11H13N3O2. The summed E-state index contributed by atoms with van der Waals surface area (Å²) in [6, 6.07) is 5.00. The average Bonchev–Trinajstić information content (AvgIpc) is 2.61. The van der Waals surface area contributed by atoms with Gasteiger partial charge in [0.1, 0.15) is 5.75 Å². The summed E-state index contributed by atoms with van der Waals surface area (Å²) in [5, 5.41) is 14.5. The van der Waals surface area contributed by atoms with Crippen molar-refractivity contribution < 1.29 is 9.90 Å². The van der Waals surface area contributed by atoms with E-state index in [2.05, 4.69) is 5.10 Å².